The van der Waals surface area contributed by atoms with Gasteiger partial charge in [-0.3, -0.25) is 5.10 Å². The van der Waals surface area contributed by atoms with E-state index in [0.29, 0.717) is 11.5 Å². The molecule has 1 heterocycles. The molecule has 0 aliphatic carbocycles. The lowest BCUT2D eigenvalue weighted by Gasteiger charge is -2.02. The van der Waals surface area contributed by atoms with Gasteiger partial charge in [0.05, 0.1) is 5.69 Å². The van der Waals surface area contributed by atoms with Gasteiger partial charge >= 0.3 is 0 Å². The molecule has 0 aliphatic heterocycles. The smallest absolute Gasteiger partial charge is 0.196 e. The molecular formula is C19H14N4O. The van der Waals surface area contributed by atoms with Gasteiger partial charge in [0.25, 0.3) is 0 Å². The number of rotatable bonds is 3. The van der Waals surface area contributed by atoms with E-state index < -0.39 is 0 Å². The molecule has 4 rings (SSSR count). The number of phenolic OH excluding ortho intramolecular Hbond substituents is 1. The molecule has 0 atom stereocenters. The Morgan fingerprint density at radius 2 is 1.62 bits per heavy atom. The van der Waals surface area contributed by atoms with Crippen molar-refractivity contribution in [2.45, 2.75) is 0 Å². The van der Waals surface area contributed by atoms with Crippen molar-refractivity contribution in [2.75, 3.05) is 0 Å². The van der Waals surface area contributed by atoms with Crippen LogP contribution in [-0.4, -0.2) is 15.3 Å². The maximum Gasteiger partial charge on any atom is 0.196 e. The van der Waals surface area contributed by atoms with E-state index in [4.69, 9.17) is 0 Å². The molecule has 0 radical (unpaired) electrons. The summed E-state index contributed by atoms with van der Waals surface area (Å²) in [6.45, 7) is 0. The summed E-state index contributed by atoms with van der Waals surface area (Å²) >= 11 is 0. The third kappa shape index (κ3) is 2.63. The average Bonchev–Trinajstić information content (AvgIpc) is 3.11. The van der Waals surface area contributed by atoms with Crippen molar-refractivity contribution in [3.63, 3.8) is 0 Å². The van der Waals surface area contributed by atoms with Gasteiger partial charge in [0, 0.05) is 11.5 Å². The molecule has 0 spiro atoms. The number of aromatic amines is 1. The Kier molecular flexibility index (Phi) is 3.51. The number of nitrogens with zero attached hydrogens (tertiary/aromatic N) is 3. The second kappa shape index (κ2) is 5.96. The van der Waals surface area contributed by atoms with E-state index in [9.17, 15) is 5.11 Å². The van der Waals surface area contributed by atoms with Crippen molar-refractivity contribution in [3.05, 3.63) is 72.8 Å². The molecule has 3 aromatic carbocycles. The van der Waals surface area contributed by atoms with Gasteiger partial charge in [0.2, 0.25) is 0 Å². The van der Waals surface area contributed by atoms with E-state index in [2.05, 4.69) is 20.4 Å². The van der Waals surface area contributed by atoms with Crippen LogP contribution in [-0.2, 0) is 0 Å². The zero-order valence-electron chi connectivity index (χ0n) is 12.7. The first-order valence-corrected chi connectivity index (χ1v) is 7.54. The first-order chi connectivity index (χ1) is 11.8. The van der Waals surface area contributed by atoms with Crippen LogP contribution in [0, 0.1) is 0 Å². The van der Waals surface area contributed by atoms with Gasteiger partial charge < -0.3 is 5.11 Å². The van der Waals surface area contributed by atoms with Crippen LogP contribution < -0.4 is 0 Å². The zero-order valence-corrected chi connectivity index (χ0v) is 12.7. The number of fused-ring (bicyclic) bond motifs is 1. The maximum atomic E-state index is 10.1. The predicted molar refractivity (Wildman–Crippen MR) is 93.8 cm³/mol. The zero-order chi connectivity index (χ0) is 16.4. The van der Waals surface area contributed by atoms with Gasteiger partial charge in [-0.1, -0.05) is 60.7 Å². The average molecular weight is 314 g/mol. The van der Waals surface area contributed by atoms with Gasteiger partial charge in [-0.25, -0.2) is 0 Å². The Balaban J connectivity index is 1.69. The molecule has 2 N–H and O–H groups in total. The summed E-state index contributed by atoms with van der Waals surface area (Å²) in [5.74, 6) is 0.553. The number of azo groups is 1. The van der Waals surface area contributed by atoms with Crippen LogP contribution in [0.15, 0.2) is 83.0 Å². The molecule has 0 saturated carbocycles. The molecule has 0 aliphatic rings. The molecule has 5 heteroatoms. The van der Waals surface area contributed by atoms with Crippen LogP contribution >= 0.6 is 0 Å². The van der Waals surface area contributed by atoms with Crippen molar-refractivity contribution < 1.29 is 5.11 Å². The topological polar surface area (TPSA) is 73.6 Å². The van der Waals surface area contributed by atoms with Crippen molar-refractivity contribution >= 4 is 22.3 Å². The van der Waals surface area contributed by atoms with E-state index >= 15 is 0 Å². The lowest BCUT2D eigenvalue weighted by molar-refractivity contribution is 0.477. The van der Waals surface area contributed by atoms with Crippen LogP contribution in [0.1, 0.15) is 0 Å². The van der Waals surface area contributed by atoms with Crippen LogP contribution in [0.25, 0.3) is 22.0 Å². The van der Waals surface area contributed by atoms with E-state index in [-0.39, 0.29) is 5.75 Å². The molecule has 0 fully saturated rings. The standard InChI is InChI=1S/C19H14N4O/c24-17-11-10-13-6-4-5-9-15(13)19(17)23-22-18-12-16(20-21-18)14-7-2-1-3-8-14/h1-12,24H,(H,20,21). The summed E-state index contributed by atoms with van der Waals surface area (Å²) in [6.07, 6.45) is 0. The third-order valence-corrected chi connectivity index (χ3v) is 3.78. The fourth-order valence-corrected chi connectivity index (χ4v) is 2.58. The lowest BCUT2D eigenvalue weighted by Crippen LogP contribution is -1.75. The fraction of sp³-hybridized carbons (Fsp3) is 0. The quantitative estimate of drug-likeness (QED) is 0.500. The van der Waals surface area contributed by atoms with Crippen LogP contribution in [0.3, 0.4) is 0 Å². The molecule has 5 nitrogen and oxygen atoms in total. The molecule has 4 aromatic rings. The number of aromatic nitrogens is 2. The van der Waals surface area contributed by atoms with Crippen molar-refractivity contribution in [2.24, 2.45) is 10.2 Å². The van der Waals surface area contributed by atoms with Crippen molar-refractivity contribution in [3.8, 4) is 17.0 Å². The molecule has 1 aromatic heterocycles. The largest absolute Gasteiger partial charge is 0.506 e. The highest BCUT2D eigenvalue weighted by Gasteiger charge is 2.07. The Morgan fingerprint density at radius 1 is 0.833 bits per heavy atom. The normalized spacial score (nSPS) is 11.3. The second-order valence-corrected chi connectivity index (χ2v) is 5.36. The highest BCUT2D eigenvalue weighted by Crippen LogP contribution is 2.36. The number of phenols is 1. The molecule has 0 amide bonds. The Labute approximate surface area is 138 Å². The maximum absolute atomic E-state index is 10.1. The minimum Gasteiger partial charge on any atom is -0.506 e. The molecular weight excluding hydrogens is 300 g/mol. The van der Waals surface area contributed by atoms with E-state index in [1.165, 1.54) is 0 Å². The number of hydrogen-bond acceptors (Lipinski definition) is 4. The first-order valence-electron chi connectivity index (χ1n) is 7.54. The minimum atomic E-state index is 0.0938. The summed E-state index contributed by atoms with van der Waals surface area (Å²) in [4.78, 5) is 0. The van der Waals surface area contributed by atoms with Gasteiger partial charge in [-0.15, -0.1) is 10.2 Å². The monoisotopic (exact) mass is 314 g/mol. The SMILES string of the molecule is Oc1ccc2ccccc2c1N=Nc1cc(-c2ccccc2)[nH]n1. The number of nitrogens with one attached hydrogen (secondary N) is 1. The Morgan fingerprint density at radius 3 is 2.50 bits per heavy atom. The fourth-order valence-electron chi connectivity index (χ4n) is 2.58. The molecule has 0 unspecified atom stereocenters. The minimum absolute atomic E-state index is 0.0938. The van der Waals surface area contributed by atoms with Crippen LogP contribution in [0.5, 0.6) is 5.75 Å². The van der Waals surface area contributed by atoms with E-state index in [1.54, 1.807) is 6.07 Å². The molecule has 0 saturated heterocycles. The molecule has 0 bridgehead atoms. The molecule has 116 valence electrons. The Hall–Kier alpha value is -3.47. The van der Waals surface area contributed by atoms with Gasteiger partial charge in [-0.2, -0.15) is 5.10 Å². The van der Waals surface area contributed by atoms with Crippen molar-refractivity contribution in [1.82, 2.24) is 10.2 Å². The number of aromatic hydroxyl groups is 1. The summed E-state index contributed by atoms with van der Waals surface area (Å²) in [6, 6.07) is 22.9. The predicted octanol–water partition coefficient (Wildman–Crippen LogP) is 5.35. The number of benzene rings is 3. The highest BCUT2D eigenvalue weighted by molar-refractivity contribution is 5.95. The summed E-state index contributed by atoms with van der Waals surface area (Å²) in [5.41, 5.74) is 2.34. The van der Waals surface area contributed by atoms with Gasteiger partial charge in [0.1, 0.15) is 11.4 Å². The van der Waals surface area contributed by atoms with Crippen LogP contribution in [0.4, 0.5) is 11.5 Å². The van der Waals surface area contributed by atoms with E-state index in [1.807, 2.05) is 66.7 Å². The first kappa shape index (κ1) is 14.1. The Bertz CT molecular complexity index is 1020. The van der Waals surface area contributed by atoms with Crippen molar-refractivity contribution in [1.29, 1.82) is 0 Å². The highest BCUT2D eigenvalue weighted by atomic mass is 16.3. The van der Waals surface area contributed by atoms with Gasteiger partial charge in [-0.05, 0) is 17.0 Å². The van der Waals surface area contributed by atoms with Gasteiger partial charge in [0.15, 0.2) is 5.82 Å². The summed E-state index contributed by atoms with van der Waals surface area (Å²) < 4.78 is 0. The van der Waals surface area contributed by atoms with E-state index in [0.717, 1.165) is 22.0 Å². The van der Waals surface area contributed by atoms with Crippen LogP contribution in [0.2, 0.25) is 0 Å². The molecule has 24 heavy (non-hydrogen) atoms. The second-order valence-electron chi connectivity index (χ2n) is 5.36. The number of hydrogen-bond donors (Lipinski definition) is 2. The third-order valence-electron chi connectivity index (χ3n) is 3.78. The summed E-state index contributed by atoms with van der Waals surface area (Å²) in [5, 5.41) is 27.4. The number of H-pyrrole nitrogens is 1. The lowest BCUT2D eigenvalue weighted by atomic mass is 10.1. The summed E-state index contributed by atoms with van der Waals surface area (Å²) in [7, 11) is 0.